The SMILES string of the molecule is COc1ccc(C2=C(c3ccc(O)cc3)C(=O)N(Cc3ccccc3)C2=O)cc1. The molecule has 0 atom stereocenters. The van der Waals surface area contributed by atoms with E-state index >= 15 is 0 Å². The molecule has 3 aromatic rings. The Hall–Kier alpha value is -3.86. The van der Waals surface area contributed by atoms with E-state index in [-0.39, 0.29) is 24.1 Å². The molecule has 2 amide bonds. The van der Waals surface area contributed by atoms with Crippen LogP contribution < -0.4 is 4.74 Å². The number of aromatic hydroxyl groups is 1. The maximum absolute atomic E-state index is 13.3. The first-order chi connectivity index (χ1) is 14.1. The molecule has 4 rings (SSSR count). The van der Waals surface area contributed by atoms with Crippen LogP contribution in [-0.2, 0) is 16.1 Å². The topological polar surface area (TPSA) is 66.8 Å². The second-order valence-corrected chi connectivity index (χ2v) is 6.71. The number of carbonyl (C=O) groups is 2. The predicted molar refractivity (Wildman–Crippen MR) is 110 cm³/mol. The third kappa shape index (κ3) is 3.50. The molecule has 1 aliphatic heterocycles. The van der Waals surface area contributed by atoms with Crippen molar-refractivity contribution < 1.29 is 19.4 Å². The number of imide groups is 1. The molecule has 0 fully saturated rings. The maximum atomic E-state index is 13.3. The van der Waals surface area contributed by atoms with Crippen LogP contribution in [0, 0.1) is 0 Å². The Bertz CT molecular complexity index is 1080. The largest absolute Gasteiger partial charge is 0.508 e. The Morgan fingerprint density at radius 2 is 1.28 bits per heavy atom. The van der Waals surface area contributed by atoms with Crippen LogP contribution in [0.15, 0.2) is 78.9 Å². The lowest BCUT2D eigenvalue weighted by Crippen LogP contribution is -2.30. The molecule has 29 heavy (non-hydrogen) atoms. The fourth-order valence-electron chi connectivity index (χ4n) is 3.41. The maximum Gasteiger partial charge on any atom is 0.262 e. The molecule has 0 saturated heterocycles. The van der Waals surface area contributed by atoms with E-state index in [2.05, 4.69) is 0 Å². The van der Waals surface area contributed by atoms with Crippen LogP contribution in [0.25, 0.3) is 11.1 Å². The lowest BCUT2D eigenvalue weighted by atomic mass is 9.96. The summed E-state index contributed by atoms with van der Waals surface area (Å²) in [4.78, 5) is 27.8. The van der Waals surface area contributed by atoms with E-state index in [9.17, 15) is 14.7 Å². The number of ether oxygens (including phenoxy) is 1. The average Bonchev–Trinajstić information content (AvgIpc) is 3.00. The summed E-state index contributed by atoms with van der Waals surface area (Å²) < 4.78 is 5.20. The molecule has 0 spiro atoms. The molecular formula is C24H19NO4. The summed E-state index contributed by atoms with van der Waals surface area (Å²) in [5.74, 6) is 0.0687. The van der Waals surface area contributed by atoms with Crippen LogP contribution >= 0.6 is 0 Å². The zero-order valence-electron chi connectivity index (χ0n) is 15.8. The van der Waals surface area contributed by atoms with Gasteiger partial charge < -0.3 is 9.84 Å². The first-order valence-corrected chi connectivity index (χ1v) is 9.16. The molecule has 1 heterocycles. The van der Waals surface area contributed by atoms with Crippen molar-refractivity contribution in [2.45, 2.75) is 6.54 Å². The minimum absolute atomic E-state index is 0.0956. The highest BCUT2D eigenvalue weighted by molar-refractivity contribution is 6.48. The summed E-state index contributed by atoms with van der Waals surface area (Å²) in [6.07, 6.45) is 0. The summed E-state index contributed by atoms with van der Waals surface area (Å²) in [5.41, 5.74) is 2.77. The molecule has 144 valence electrons. The highest BCUT2D eigenvalue weighted by Crippen LogP contribution is 2.37. The fourth-order valence-corrected chi connectivity index (χ4v) is 3.41. The van der Waals surface area contributed by atoms with Gasteiger partial charge in [-0.15, -0.1) is 0 Å². The molecular weight excluding hydrogens is 366 g/mol. The summed E-state index contributed by atoms with van der Waals surface area (Å²) in [5, 5.41) is 9.61. The van der Waals surface area contributed by atoms with Crippen molar-refractivity contribution in [1.29, 1.82) is 0 Å². The first kappa shape index (κ1) is 18.5. The number of hydrogen-bond donors (Lipinski definition) is 1. The van der Waals surface area contributed by atoms with Crippen molar-refractivity contribution >= 4 is 23.0 Å². The van der Waals surface area contributed by atoms with Crippen LogP contribution in [0.2, 0.25) is 0 Å². The molecule has 1 N–H and O–H groups in total. The number of benzene rings is 3. The second-order valence-electron chi connectivity index (χ2n) is 6.71. The van der Waals surface area contributed by atoms with Gasteiger partial charge in [0.2, 0.25) is 0 Å². The minimum Gasteiger partial charge on any atom is -0.508 e. The smallest absolute Gasteiger partial charge is 0.262 e. The van der Waals surface area contributed by atoms with Gasteiger partial charge in [0, 0.05) is 0 Å². The van der Waals surface area contributed by atoms with Gasteiger partial charge in [0.05, 0.1) is 24.8 Å². The summed E-state index contributed by atoms with van der Waals surface area (Å²) in [7, 11) is 1.57. The van der Waals surface area contributed by atoms with Crippen LogP contribution in [0.3, 0.4) is 0 Å². The molecule has 5 heteroatoms. The molecule has 0 saturated carbocycles. The quantitative estimate of drug-likeness (QED) is 0.677. The number of methoxy groups -OCH3 is 1. The number of phenols is 1. The van der Waals surface area contributed by atoms with Crippen molar-refractivity contribution in [3.63, 3.8) is 0 Å². The van der Waals surface area contributed by atoms with E-state index in [1.807, 2.05) is 30.3 Å². The Morgan fingerprint density at radius 3 is 1.79 bits per heavy atom. The zero-order chi connectivity index (χ0) is 20.4. The lowest BCUT2D eigenvalue weighted by Gasteiger charge is -2.15. The lowest BCUT2D eigenvalue weighted by molar-refractivity contribution is -0.136. The van der Waals surface area contributed by atoms with Gasteiger partial charge in [-0.3, -0.25) is 14.5 Å². The van der Waals surface area contributed by atoms with Crippen molar-refractivity contribution in [2.24, 2.45) is 0 Å². The van der Waals surface area contributed by atoms with Crippen molar-refractivity contribution in [1.82, 2.24) is 4.90 Å². The second kappa shape index (κ2) is 7.64. The highest BCUT2D eigenvalue weighted by Gasteiger charge is 2.39. The summed E-state index contributed by atoms with van der Waals surface area (Å²) in [6.45, 7) is 0.194. The average molecular weight is 385 g/mol. The van der Waals surface area contributed by atoms with E-state index in [1.54, 1.807) is 43.5 Å². The Morgan fingerprint density at radius 1 is 0.759 bits per heavy atom. The zero-order valence-corrected chi connectivity index (χ0v) is 15.8. The Balaban J connectivity index is 1.81. The van der Waals surface area contributed by atoms with Gasteiger partial charge in [-0.2, -0.15) is 0 Å². The summed E-state index contributed by atoms with van der Waals surface area (Å²) >= 11 is 0. The number of phenolic OH excluding ortho intramolecular Hbond substituents is 1. The van der Waals surface area contributed by atoms with Gasteiger partial charge in [-0.25, -0.2) is 0 Å². The standard InChI is InChI=1S/C24H19NO4/c1-29-20-13-9-18(10-14-20)22-21(17-7-11-19(26)12-8-17)23(27)25(24(22)28)15-16-5-3-2-4-6-16/h2-14,26H,15H2,1H3. The summed E-state index contributed by atoms with van der Waals surface area (Å²) in [6, 6.07) is 22.8. The van der Waals surface area contributed by atoms with Crippen molar-refractivity contribution in [3.05, 3.63) is 95.6 Å². The van der Waals surface area contributed by atoms with Gasteiger partial charge in [0.25, 0.3) is 11.8 Å². The Labute approximate surface area is 168 Å². The number of hydrogen-bond acceptors (Lipinski definition) is 4. The van der Waals surface area contributed by atoms with Crippen LogP contribution in [0.5, 0.6) is 11.5 Å². The van der Waals surface area contributed by atoms with Crippen LogP contribution in [0.4, 0.5) is 0 Å². The molecule has 0 aliphatic carbocycles. The normalized spacial score (nSPS) is 13.9. The van der Waals surface area contributed by atoms with Gasteiger partial charge in [-0.1, -0.05) is 54.6 Å². The highest BCUT2D eigenvalue weighted by atomic mass is 16.5. The number of nitrogens with zero attached hydrogens (tertiary/aromatic N) is 1. The molecule has 0 bridgehead atoms. The van der Waals surface area contributed by atoms with E-state index in [4.69, 9.17) is 4.74 Å². The van der Waals surface area contributed by atoms with E-state index in [0.29, 0.717) is 28.0 Å². The molecule has 5 nitrogen and oxygen atoms in total. The molecule has 0 aromatic heterocycles. The molecule has 0 unspecified atom stereocenters. The van der Waals surface area contributed by atoms with Gasteiger partial charge in [0.15, 0.2) is 0 Å². The van der Waals surface area contributed by atoms with E-state index in [1.165, 1.54) is 17.0 Å². The van der Waals surface area contributed by atoms with E-state index in [0.717, 1.165) is 5.56 Å². The number of amides is 2. The van der Waals surface area contributed by atoms with Crippen LogP contribution in [0.1, 0.15) is 16.7 Å². The monoisotopic (exact) mass is 385 g/mol. The van der Waals surface area contributed by atoms with E-state index < -0.39 is 0 Å². The number of rotatable bonds is 5. The molecule has 1 aliphatic rings. The number of carbonyl (C=O) groups excluding carboxylic acids is 2. The predicted octanol–water partition coefficient (Wildman–Crippen LogP) is 3.88. The Kier molecular flexibility index (Phi) is 4.87. The third-order valence-corrected chi connectivity index (χ3v) is 4.89. The first-order valence-electron chi connectivity index (χ1n) is 9.16. The van der Waals surface area contributed by atoms with Gasteiger partial charge >= 0.3 is 0 Å². The molecule has 0 radical (unpaired) electrons. The van der Waals surface area contributed by atoms with Gasteiger partial charge in [-0.05, 0) is 41.0 Å². The molecule has 3 aromatic carbocycles. The van der Waals surface area contributed by atoms with Crippen molar-refractivity contribution in [2.75, 3.05) is 7.11 Å². The minimum atomic E-state index is -0.352. The van der Waals surface area contributed by atoms with Crippen molar-refractivity contribution in [3.8, 4) is 11.5 Å². The fraction of sp³-hybridized carbons (Fsp3) is 0.0833. The van der Waals surface area contributed by atoms with Crippen LogP contribution in [-0.4, -0.2) is 28.9 Å². The van der Waals surface area contributed by atoms with Gasteiger partial charge in [0.1, 0.15) is 11.5 Å². The third-order valence-electron chi connectivity index (χ3n) is 4.89.